The highest BCUT2D eigenvalue weighted by molar-refractivity contribution is 7.91. The third kappa shape index (κ3) is 4.74. The predicted octanol–water partition coefficient (Wildman–Crippen LogP) is 3.53. The molecule has 28 heavy (non-hydrogen) atoms. The maximum absolute atomic E-state index is 12.9. The third-order valence-electron chi connectivity index (χ3n) is 4.81. The number of anilines is 1. The number of nitrogens with one attached hydrogen (secondary N) is 1. The highest BCUT2D eigenvalue weighted by Crippen LogP contribution is 2.27. The topological polar surface area (TPSA) is 66.5 Å². The Labute approximate surface area is 163 Å². The Balaban J connectivity index is 1.70. The van der Waals surface area contributed by atoms with Crippen molar-refractivity contribution in [2.75, 3.05) is 18.4 Å². The summed E-state index contributed by atoms with van der Waals surface area (Å²) < 4.78 is 49.6. The summed E-state index contributed by atoms with van der Waals surface area (Å²) in [7, 11) is -4.79. The van der Waals surface area contributed by atoms with Crippen LogP contribution in [0.25, 0.3) is 0 Å². The lowest BCUT2D eigenvalue weighted by Gasteiger charge is -2.32. The van der Waals surface area contributed by atoms with Gasteiger partial charge in [-0.1, -0.05) is 42.5 Å². The zero-order valence-corrected chi connectivity index (χ0v) is 16.0. The molecule has 0 saturated carbocycles. The molecule has 1 aliphatic rings. The fraction of sp³-hybridized carbons (Fsp3) is 0.350. The number of nitrogens with zero attached hydrogens (tertiary/aromatic N) is 1. The summed E-state index contributed by atoms with van der Waals surface area (Å²) in [5, 5.41) is 2.55. The minimum atomic E-state index is -4.79. The molecule has 0 aromatic heterocycles. The molecule has 5 nitrogen and oxygen atoms in total. The van der Waals surface area contributed by atoms with E-state index in [1.165, 1.54) is 18.2 Å². The van der Waals surface area contributed by atoms with E-state index in [1.54, 1.807) is 0 Å². The summed E-state index contributed by atoms with van der Waals surface area (Å²) in [5.74, 6) is -4.23. The molecule has 0 spiro atoms. The van der Waals surface area contributed by atoms with Crippen molar-refractivity contribution in [2.24, 2.45) is 5.92 Å². The molecule has 2 aromatic rings. The molecule has 2 aromatic carbocycles. The third-order valence-corrected chi connectivity index (χ3v) is 6.25. The van der Waals surface area contributed by atoms with E-state index in [0.29, 0.717) is 13.0 Å². The number of para-hydroxylation sites is 1. The van der Waals surface area contributed by atoms with Crippen LogP contribution < -0.4 is 5.32 Å². The number of carbonyl (C=O) groups excluding carboxylic acids is 1. The lowest BCUT2D eigenvalue weighted by Crippen LogP contribution is -2.40. The largest absolute Gasteiger partial charge is 0.341 e. The molecule has 150 valence electrons. The lowest BCUT2D eigenvalue weighted by molar-refractivity contribution is -0.121. The van der Waals surface area contributed by atoms with Gasteiger partial charge in [-0.25, -0.2) is 8.42 Å². The summed E-state index contributed by atoms with van der Waals surface area (Å²) in [4.78, 5) is 14.3. The number of alkyl halides is 2. The predicted molar refractivity (Wildman–Crippen MR) is 103 cm³/mol. The number of hydrogen-bond acceptors (Lipinski definition) is 4. The summed E-state index contributed by atoms with van der Waals surface area (Å²) in [5.41, 5.74) is 1.05. The van der Waals surface area contributed by atoms with Crippen LogP contribution in [-0.2, 0) is 21.2 Å². The number of halogens is 2. The van der Waals surface area contributed by atoms with E-state index < -0.39 is 20.5 Å². The molecular formula is C20H22F2N2O3S. The van der Waals surface area contributed by atoms with E-state index in [2.05, 4.69) is 10.2 Å². The standard InChI is InChI=1S/C20H22F2N2O3S/c21-20(22)28(26,27)18-11-5-4-10-17(18)23-19(25)16-9-6-12-24(14-16)13-15-7-2-1-3-8-15/h1-5,7-8,10-11,16,20H,6,9,12-14H2,(H,23,25). The zero-order valence-electron chi connectivity index (χ0n) is 15.2. The maximum atomic E-state index is 12.9. The van der Waals surface area contributed by atoms with Crippen LogP contribution in [0.2, 0.25) is 0 Å². The molecule has 1 N–H and O–H groups in total. The SMILES string of the molecule is O=C(Nc1ccccc1S(=O)(=O)C(F)F)C1CCCN(Cc2ccccc2)C1. The Kier molecular flexibility index (Phi) is 6.41. The van der Waals surface area contributed by atoms with Crippen molar-refractivity contribution in [3.63, 3.8) is 0 Å². The summed E-state index contributed by atoms with van der Waals surface area (Å²) in [6.07, 6.45) is 1.50. The van der Waals surface area contributed by atoms with Gasteiger partial charge in [0.2, 0.25) is 15.7 Å². The maximum Gasteiger partial charge on any atom is 0.341 e. The van der Waals surface area contributed by atoms with Gasteiger partial charge in [0.05, 0.1) is 16.5 Å². The lowest BCUT2D eigenvalue weighted by atomic mass is 9.96. The van der Waals surface area contributed by atoms with Crippen LogP contribution in [0.1, 0.15) is 18.4 Å². The van der Waals surface area contributed by atoms with Gasteiger partial charge in [-0.3, -0.25) is 9.69 Å². The van der Waals surface area contributed by atoms with Crippen LogP contribution in [0, 0.1) is 5.92 Å². The Hall–Kier alpha value is -2.32. The van der Waals surface area contributed by atoms with Gasteiger partial charge in [0, 0.05) is 13.1 Å². The molecule has 8 heteroatoms. The first-order valence-electron chi connectivity index (χ1n) is 9.06. The number of benzene rings is 2. The number of likely N-dealkylation sites (tertiary alicyclic amines) is 1. The van der Waals surface area contributed by atoms with Crippen molar-refractivity contribution in [1.82, 2.24) is 4.90 Å². The van der Waals surface area contributed by atoms with Gasteiger partial charge in [0.15, 0.2) is 0 Å². The van der Waals surface area contributed by atoms with Gasteiger partial charge in [-0.2, -0.15) is 8.78 Å². The van der Waals surface area contributed by atoms with E-state index in [-0.39, 0.29) is 17.5 Å². The average Bonchev–Trinajstić information content (AvgIpc) is 2.69. The fourth-order valence-electron chi connectivity index (χ4n) is 3.40. The highest BCUT2D eigenvalue weighted by atomic mass is 32.2. The van der Waals surface area contributed by atoms with Crippen LogP contribution in [0.3, 0.4) is 0 Å². The van der Waals surface area contributed by atoms with Crippen LogP contribution >= 0.6 is 0 Å². The van der Waals surface area contributed by atoms with E-state index >= 15 is 0 Å². The monoisotopic (exact) mass is 408 g/mol. The quantitative estimate of drug-likeness (QED) is 0.794. The van der Waals surface area contributed by atoms with Crippen LogP contribution in [-0.4, -0.2) is 38.1 Å². The van der Waals surface area contributed by atoms with Crippen LogP contribution in [0.5, 0.6) is 0 Å². The molecular weight excluding hydrogens is 386 g/mol. The van der Waals surface area contributed by atoms with Crippen molar-refractivity contribution in [3.05, 3.63) is 60.2 Å². The van der Waals surface area contributed by atoms with Gasteiger partial charge in [-0.05, 0) is 37.1 Å². The Morgan fingerprint density at radius 1 is 1.11 bits per heavy atom. The molecule has 3 rings (SSSR count). The second kappa shape index (κ2) is 8.79. The molecule has 1 saturated heterocycles. The van der Waals surface area contributed by atoms with Gasteiger partial charge >= 0.3 is 5.76 Å². The number of rotatable bonds is 6. The van der Waals surface area contributed by atoms with Gasteiger partial charge in [0.1, 0.15) is 0 Å². The normalized spacial score (nSPS) is 18.2. The number of hydrogen-bond donors (Lipinski definition) is 1. The molecule has 1 aliphatic heterocycles. The van der Waals surface area contributed by atoms with Crippen molar-refractivity contribution >= 4 is 21.4 Å². The summed E-state index contributed by atoms with van der Waals surface area (Å²) in [6, 6.07) is 15.2. The van der Waals surface area contributed by atoms with Gasteiger partial charge in [0.25, 0.3) is 0 Å². The molecule has 1 unspecified atom stereocenters. The van der Waals surface area contributed by atoms with Crippen LogP contribution in [0.15, 0.2) is 59.5 Å². The minimum absolute atomic E-state index is 0.104. The van der Waals surface area contributed by atoms with Crippen molar-refractivity contribution in [2.45, 2.75) is 30.0 Å². The van der Waals surface area contributed by atoms with E-state index in [0.717, 1.165) is 31.1 Å². The van der Waals surface area contributed by atoms with E-state index in [4.69, 9.17) is 0 Å². The Bertz CT molecular complexity index is 920. The van der Waals surface area contributed by atoms with Gasteiger partial charge < -0.3 is 5.32 Å². The Morgan fingerprint density at radius 3 is 2.50 bits per heavy atom. The second-order valence-electron chi connectivity index (χ2n) is 6.85. The first-order valence-corrected chi connectivity index (χ1v) is 10.6. The van der Waals surface area contributed by atoms with Crippen LogP contribution in [0.4, 0.5) is 14.5 Å². The number of piperidine rings is 1. The van der Waals surface area contributed by atoms with E-state index in [9.17, 15) is 22.0 Å². The minimum Gasteiger partial charge on any atom is -0.325 e. The van der Waals surface area contributed by atoms with Crippen molar-refractivity contribution in [3.8, 4) is 0 Å². The summed E-state index contributed by atoms with van der Waals surface area (Å²) >= 11 is 0. The smallest absolute Gasteiger partial charge is 0.325 e. The molecule has 0 radical (unpaired) electrons. The number of amides is 1. The van der Waals surface area contributed by atoms with Crippen molar-refractivity contribution < 1.29 is 22.0 Å². The molecule has 0 bridgehead atoms. The number of carbonyl (C=O) groups is 1. The Morgan fingerprint density at radius 2 is 1.79 bits per heavy atom. The molecule has 1 fully saturated rings. The van der Waals surface area contributed by atoms with E-state index in [1.807, 2.05) is 30.3 Å². The molecule has 1 heterocycles. The second-order valence-corrected chi connectivity index (χ2v) is 8.74. The van der Waals surface area contributed by atoms with Gasteiger partial charge in [-0.15, -0.1) is 0 Å². The molecule has 1 atom stereocenters. The fourth-order valence-corrected chi connectivity index (χ4v) is 4.29. The molecule has 1 amide bonds. The zero-order chi connectivity index (χ0) is 20.1. The molecule has 0 aliphatic carbocycles. The summed E-state index contributed by atoms with van der Waals surface area (Å²) in [6.45, 7) is 2.13. The average molecular weight is 408 g/mol. The highest BCUT2D eigenvalue weighted by Gasteiger charge is 2.31. The first kappa shape index (κ1) is 20.4. The number of sulfone groups is 1. The van der Waals surface area contributed by atoms with Crippen molar-refractivity contribution in [1.29, 1.82) is 0 Å². The first-order chi connectivity index (χ1) is 13.4.